The topological polar surface area (TPSA) is 127 Å². The Bertz CT molecular complexity index is 689. The third kappa shape index (κ3) is 3.82. The van der Waals surface area contributed by atoms with Gasteiger partial charge in [-0.25, -0.2) is 0 Å². The molecule has 1 amide bonds. The summed E-state index contributed by atoms with van der Waals surface area (Å²) in [7, 11) is 0. The number of rotatable bonds is 4. The van der Waals surface area contributed by atoms with Crippen LogP contribution in [0.2, 0.25) is 0 Å². The molecule has 0 bridgehead atoms. The van der Waals surface area contributed by atoms with Gasteiger partial charge in [0.25, 0.3) is 5.56 Å². The van der Waals surface area contributed by atoms with Gasteiger partial charge in [-0.3, -0.25) is 9.59 Å². The first kappa shape index (κ1) is 17.3. The van der Waals surface area contributed by atoms with Gasteiger partial charge >= 0.3 is 0 Å². The van der Waals surface area contributed by atoms with Crippen molar-refractivity contribution in [3.63, 3.8) is 0 Å². The molecule has 1 aromatic heterocycles. The van der Waals surface area contributed by atoms with E-state index in [0.717, 1.165) is 35.7 Å². The van der Waals surface area contributed by atoms with Gasteiger partial charge in [0.05, 0.1) is 11.3 Å². The van der Waals surface area contributed by atoms with Crippen LogP contribution in [0.5, 0.6) is 0 Å². The van der Waals surface area contributed by atoms with Crippen LogP contribution < -0.4 is 16.7 Å². The van der Waals surface area contributed by atoms with E-state index in [1.54, 1.807) is 6.92 Å². The molecule has 0 aliphatic heterocycles. The summed E-state index contributed by atoms with van der Waals surface area (Å²) in [5.74, 6) is 5.39. The van der Waals surface area contributed by atoms with E-state index in [2.05, 4.69) is 21.6 Å². The van der Waals surface area contributed by atoms with Crippen molar-refractivity contribution in [1.82, 2.24) is 20.2 Å². The van der Waals surface area contributed by atoms with Crippen LogP contribution >= 0.6 is 11.8 Å². The van der Waals surface area contributed by atoms with Crippen molar-refractivity contribution in [2.75, 3.05) is 5.84 Å². The highest BCUT2D eigenvalue weighted by molar-refractivity contribution is 8.00. The second kappa shape index (κ2) is 7.00. The Morgan fingerprint density at radius 2 is 2.09 bits per heavy atom. The van der Waals surface area contributed by atoms with Crippen molar-refractivity contribution in [3.8, 4) is 6.07 Å². The van der Waals surface area contributed by atoms with Gasteiger partial charge in [-0.2, -0.15) is 9.94 Å². The zero-order valence-corrected chi connectivity index (χ0v) is 14.0. The normalized spacial score (nSPS) is 18.0. The van der Waals surface area contributed by atoms with E-state index in [-0.39, 0.29) is 16.8 Å². The summed E-state index contributed by atoms with van der Waals surface area (Å²) in [6, 6.07) is 2.25. The third-order valence-corrected chi connectivity index (χ3v) is 5.01. The van der Waals surface area contributed by atoms with Crippen LogP contribution in [-0.4, -0.2) is 31.6 Å². The summed E-state index contributed by atoms with van der Waals surface area (Å²) < 4.78 is 0.886. The number of nitriles is 1. The predicted molar refractivity (Wildman–Crippen MR) is 86.1 cm³/mol. The van der Waals surface area contributed by atoms with Crippen LogP contribution in [0, 0.1) is 18.3 Å². The maximum Gasteiger partial charge on any atom is 0.294 e. The molecule has 0 aromatic carbocycles. The number of nitrogens with one attached hydrogen (secondary N) is 1. The van der Waals surface area contributed by atoms with E-state index in [1.165, 1.54) is 6.92 Å². The Kier molecular flexibility index (Phi) is 5.26. The van der Waals surface area contributed by atoms with E-state index in [1.807, 2.05) is 0 Å². The number of nitrogens with zero attached hydrogens (tertiary/aromatic N) is 4. The molecule has 1 atom stereocenters. The molecule has 23 heavy (non-hydrogen) atoms. The average Bonchev–Trinajstić information content (AvgIpc) is 2.56. The number of nitrogen functional groups attached to an aromatic ring is 1. The fraction of sp³-hybridized carbons (Fsp3) is 0.643. The van der Waals surface area contributed by atoms with Crippen LogP contribution in [0.15, 0.2) is 9.95 Å². The maximum atomic E-state index is 12.4. The van der Waals surface area contributed by atoms with Crippen molar-refractivity contribution >= 4 is 17.7 Å². The van der Waals surface area contributed by atoms with Gasteiger partial charge in [-0.05, 0) is 26.7 Å². The van der Waals surface area contributed by atoms with E-state index in [0.29, 0.717) is 12.8 Å². The Morgan fingerprint density at radius 1 is 1.43 bits per heavy atom. The van der Waals surface area contributed by atoms with Gasteiger partial charge in [-0.1, -0.05) is 31.0 Å². The molecule has 1 aromatic rings. The predicted octanol–water partition coefficient (Wildman–Crippen LogP) is 0.484. The van der Waals surface area contributed by atoms with Gasteiger partial charge in [0.2, 0.25) is 11.1 Å². The lowest BCUT2D eigenvalue weighted by Crippen LogP contribution is -2.51. The number of hydrogen-bond acceptors (Lipinski definition) is 7. The monoisotopic (exact) mass is 336 g/mol. The number of aromatic nitrogens is 3. The van der Waals surface area contributed by atoms with Crippen molar-refractivity contribution < 1.29 is 4.79 Å². The van der Waals surface area contributed by atoms with Crippen LogP contribution in [-0.2, 0) is 4.79 Å². The number of thioether (sulfide) groups is 1. The summed E-state index contributed by atoms with van der Waals surface area (Å²) in [4.78, 5) is 24.1. The van der Waals surface area contributed by atoms with Gasteiger partial charge in [0.15, 0.2) is 0 Å². The van der Waals surface area contributed by atoms with Crippen molar-refractivity contribution in [3.05, 3.63) is 16.0 Å². The highest BCUT2D eigenvalue weighted by atomic mass is 32.2. The van der Waals surface area contributed by atoms with E-state index in [9.17, 15) is 14.9 Å². The molecule has 8 nitrogen and oxygen atoms in total. The smallest absolute Gasteiger partial charge is 0.294 e. The Labute approximate surface area is 138 Å². The summed E-state index contributed by atoms with van der Waals surface area (Å²) >= 11 is 1.04. The van der Waals surface area contributed by atoms with Gasteiger partial charge in [0.1, 0.15) is 11.2 Å². The molecule has 1 fully saturated rings. The fourth-order valence-corrected chi connectivity index (χ4v) is 3.29. The summed E-state index contributed by atoms with van der Waals surface area (Å²) in [6.45, 7) is 3.20. The zero-order valence-electron chi connectivity index (χ0n) is 13.2. The first-order valence-electron chi connectivity index (χ1n) is 7.50. The van der Waals surface area contributed by atoms with E-state index in [4.69, 9.17) is 5.84 Å². The lowest BCUT2D eigenvalue weighted by atomic mass is 9.83. The average molecular weight is 336 g/mol. The van der Waals surface area contributed by atoms with E-state index < -0.39 is 16.3 Å². The number of nitrogens with two attached hydrogens (primary N) is 1. The highest BCUT2D eigenvalue weighted by Crippen LogP contribution is 2.28. The molecule has 1 aliphatic rings. The lowest BCUT2D eigenvalue weighted by Gasteiger charge is -2.32. The van der Waals surface area contributed by atoms with Gasteiger partial charge < -0.3 is 11.2 Å². The Balaban J connectivity index is 2.07. The lowest BCUT2D eigenvalue weighted by molar-refractivity contribution is -0.121. The molecule has 0 saturated heterocycles. The molecule has 0 radical (unpaired) electrons. The Morgan fingerprint density at radius 3 is 2.70 bits per heavy atom. The quantitative estimate of drug-likeness (QED) is 0.605. The van der Waals surface area contributed by atoms with Crippen LogP contribution in [0.4, 0.5) is 0 Å². The molecular weight excluding hydrogens is 316 g/mol. The van der Waals surface area contributed by atoms with Gasteiger partial charge in [-0.15, -0.1) is 10.2 Å². The molecule has 3 N–H and O–H groups in total. The van der Waals surface area contributed by atoms with Crippen LogP contribution in [0.1, 0.15) is 44.7 Å². The fourth-order valence-electron chi connectivity index (χ4n) is 2.52. The summed E-state index contributed by atoms with van der Waals surface area (Å²) in [6.07, 6.45) is 4.28. The molecule has 1 heterocycles. The largest absolute Gasteiger partial charge is 0.337 e. The minimum absolute atomic E-state index is 0.165. The second-order valence-corrected chi connectivity index (χ2v) is 7.05. The molecule has 0 unspecified atom stereocenters. The molecule has 124 valence electrons. The number of aryl methyl sites for hydroxylation is 1. The minimum Gasteiger partial charge on any atom is -0.337 e. The highest BCUT2D eigenvalue weighted by Gasteiger charge is 2.35. The molecule has 1 aliphatic carbocycles. The van der Waals surface area contributed by atoms with Crippen molar-refractivity contribution in [1.29, 1.82) is 5.26 Å². The molecule has 0 spiro atoms. The van der Waals surface area contributed by atoms with Crippen molar-refractivity contribution in [2.24, 2.45) is 0 Å². The number of hydrogen-bond donors (Lipinski definition) is 2. The molecule has 2 rings (SSSR count). The van der Waals surface area contributed by atoms with Crippen LogP contribution in [0.25, 0.3) is 0 Å². The number of carbonyl (C=O) groups is 1. The van der Waals surface area contributed by atoms with E-state index >= 15 is 0 Å². The molecular formula is C14H20N6O2S. The van der Waals surface area contributed by atoms with Crippen LogP contribution in [0.3, 0.4) is 0 Å². The first-order chi connectivity index (χ1) is 10.9. The summed E-state index contributed by atoms with van der Waals surface area (Å²) in [5.41, 5.74) is -1.04. The maximum absolute atomic E-state index is 12.4. The zero-order chi connectivity index (χ0) is 17.0. The SMILES string of the molecule is Cc1nnc(S[C@@H](C)C(=O)NC2(C#N)CCCCC2)n(N)c1=O. The molecule has 1 saturated carbocycles. The summed E-state index contributed by atoms with van der Waals surface area (Å²) in [5, 5.41) is 19.5. The molecule has 9 heteroatoms. The van der Waals surface area contributed by atoms with Gasteiger partial charge in [0, 0.05) is 0 Å². The first-order valence-corrected chi connectivity index (χ1v) is 8.38. The second-order valence-electron chi connectivity index (χ2n) is 5.75. The third-order valence-electron chi connectivity index (χ3n) is 3.95. The number of carbonyl (C=O) groups excluding carboxylic acids is 1. The number of amides is 1. The van der Waals surface area contributed by atoms with Crippen molar-refractivity contribution in [2.45, 2.75) is 61.9 Å². The minimum atomic E-state index is -0.786. The Hall–Kier alpha value is -2.08. The standard InChI is InChI=1S/C14H20N6O2S/c1-9-12(22)20(16)13(19-18-9)23-10(2)11(21)17-14(8-15)6-4-3-5-7-14/h10H,3-7,16H2,1-2H3,(H,17,21)/t10-/m0/s1.